The molecule has 2 fully saturated rings. The van der Waals surface area contributed by atoms with E-state index in [0.29, 0.717) is 61.2 Å². The molecule has 2 saturated heterocycles. The van der Waals surface area contributed by atoms with Gasteiger partial charge in [-0.15, -0.1) is 0 Å². The Morgan fingerprint density at radius 3 is 2.35 bits per heavy atom. The number of ketones is 2. The Morgan fingerprint density at radius 2 is 1.71 bits per heavy atom. The van der Waals surface area contributed by atoms with Gasteiger partial charge in [-0.1, -0.05) is 68.3 Å². The number of allylic oxidation sites excluding steroid dienone is 3. The van der Waals surface area contributed by atoms with Crippen LogP contribution < -0.4 is 36.6 Å². The lowest BCUT2D eigenvalue weighted by molar-refractivity contribution is -0.158. The van der Waals surface area contributed by atoms with Crippen LogP contribution in [-0.4, -0.2) is 141 Å². The van der Waals surface area contributed by atoms with E-state index in [1.165, 1.54) is 32.9 Å². The van der Waals surface area contributed by atoms with Crippen LogP contribution in [0.3, 0.4) is 0 Å². The lowest BCUT2D eigenvalue weighted by atomic mass is 9.84. The molecule has 2 unspecified atom stereocenters. The van der Waals surface area contributed by atoms with E-state index in [2.05, 4.69) is 21.3 Å². The highest BCUT2D eigenvalue weighted by Gasteiger charge is 2.64. The summed E-state index contributed by atoms with van der Waals surface area (Å²) in [4.78, 5) is 120. The monoisotopic (exact) mass is 1160 g/mol. The third-order valence-electron chi connectivity index (χ3n) is 15.3. The summed E-state index contributed by atoms with van der Waals surface area (Å²) in [5, 5.41) is 11.2. The Kier molecular flexibility index (Phi) is 24.3. The normalized spacial score (nSPS) is 23.9. The highest BCUT2D eigenvalue weighted by Crippen LogP contribution is 2.49. The maximum Gasteiger partial charge on any atom is 0.410 e. The number of urea groups is 1. The SMILES string of the molecule is COc1cc2cc(c1Cl)N(C)C(=O)C[C@H](OC(=O)[C@H](C)N(C)C(=O)OCc1ccc(NC(=O)[C@H](CCCNC(N)=O)CC(=O)[C@@H](NC(=O)CCCCC(C)=O)C(C)C)cc1)[C@]1(C)O[C@H]1[C@H](C)[C@@H]1CC(NC(=O)O1)C(OC)/C=C/C=C(\C)C2. The number of fused-ring (bicyclic) bond motifs is 5. The van der Waals surface area contributed by atoms with Gasteiger partial charge in [0.25, 0.3) is 0 Å². The van der Waals surface area contributed by atoms with Gasteiger partial charge in [-0.2, -0.15) is 0 Å². The van der Waals surface area contributed by atoms with Crippen LogP contribution in [0.5, 0.6) is 5.75 Å². The molecule has 3 heterocycles. The van der Waals surface area contributed by atoms with Gasteiger partial charge in [0, 0.05) is 71.0 Å². The third-order valence-corrected chi connectivity index (χ3v) is 15.7. The van der Waals surface area contributed by atoms with Crippen LogP contribution in [0.15, 0.2) is 60.2 Å². The van der Waals surface area contributed by atoms with Crippen LogP contribution >= 0.6 is 11.6 Å². The van der Waals surface area contributed by atoms with E-state index in [4.69, 9.17) is 45.8 Å². The summed E-state index contributed by atoms with van der Waals surface area (Å²) in [6.07, 6.45) is 3.48. The quantitative estimate of drug-likeness (QED) is 0.0317. The number of primary amides is 1. The highest BCUT2D eigenvalue weighted by molar-refractivity contribution is 6.35. The Balaban J connectivity index is 1.27. The molecule has 0 spiro atoms. The first-order chi connectivity index (χ1) is 38.8. The number of hydrogen-bond donors (Lipinski definition) is 5. The number of ether oxygens (including phenoxy) is 6. The zero-order valence-corrected chi connectivity index (χ0v) is 49.7. The Morgan fingerprint density at radius 1 is 1.01 bits per heavy atom. The molecule has 10 atom stereocenters. The number of carbonyl (C=O) groups excluding carboxylic acids is 9. The van der Waals surface area contributed by atoms with Crippen molar-refractivity contribution in [2.75, 3.05) is 45.1 Å². The number of carbonyl (C=O) groups is 9. The van der Waals surface area contributed by atoms with Gasteiger partial charge in [-0.05, 0) is 101 Å². The molecule has 0 radical (unpaired) electrons. The summed E-state index contributed by atoms with van der Waals surface area (Å²) in [6.45, 7) is 12.0. The number of nitrogens with two attached hydrogens (primary N) is 1. The fourth-order valence-corrected chi connectivity index (χ4v) is 10.4. The Labute approximate surface area is 485 Å². The second-order valence-corrected chi connectivity index (χ2v) is 22.4. The number of hydrogen-bond acceptors (Lipinski definition) is 15. The van der Waals surface area contributed by atoms with Gasteiger partial charge in [0.2, 0.25) is 17.7 Å². The summed E-state index contributed by atoms with van der Waals surface area (Å²) in [5.74, 6) is -3.66. The number of unbranched alkanes of at least 4 members (excludes halogenated alkanes) is 1. The van der Waals surface area contributed by atoms with Crippen molar-refractivity contribution in [1.82, 2.24) is 20.9 Å². The van der Waals surface area contributed by atoms with Crippen molar-refractivity contribution in [1.29, 1.82) is 0 Å². The number of likely N-dealkylation sites (N-methyl/N-ethyl adjacent to an activating group) is 1. The lowest BCUT2D eigenvalue weighted by Gasteiger charge is -2.36. The van der Waals surface area contributed by atoms with E-state index in [1.54, 1.807) is 71.3 Å². The summed E-state index contributed by atoms with van der Waals surface area (Å²) < 4.78 is 35.4. The average Bonchev–Trinajstić information content (AvgIpc) is 3.63. The number of anilines is 2. The zero-order chi connectivity index (χ0) is 60.6. The number of nitrogens with zero attached hydrogens (tertiary/aromatic N) is 2. The highest BCUT2D eigenvalue weighted by atomic mass is 35.5. The number of rotatable bonds is 23. The third kappa shape index (κ3) is 18.5. The summed E-state index contributed by atoms with van der Waals surface area (Å²) in [7, 11) is 5.96. The van der Waals surface area contributed by atoms with E-state index in [1.807, 2.05) is 32.1 Å². The molecule has 7 amide bonds. The number of esters is 1. The van der Waals surface area contributed by atoms with E-state index < -0.39 is 96.0 Å². The predicted molar refractivity (Wildman–Crippen MR) is 306 cm³/mol. The fourth-order valence-electron chi connectivity index (χ4n) is 10.1. The van der Waals surface area contributed by atoms with Crippen molar-refractivity contribution in [3.05, 3.63) is 76.3 Å². The molecule has 3 aliphatic rings. The summed E-state index contributed by atoms with van der Waals surface area (Å²) in [6, 6.07) is 6.74. The Bertz CT molecular complexity index is 2700. The standard InChI is InChI=1S/C59H82ClN7O15/c1-33(2)52(65-49(70)20-13-12-17-35(4)68)44(69)29-40(18-15-25-62-56(61)74)54(72)63-41-23-21-38(22-24-41)32-79-58(76)66(8)37(6)55(73)81-48-31-50(71)67(9)43-27-39(28-47(78-11)51(43)60)26-34(3)16-14-19-45(77-10)42-30-46(80-57(75)64-42)36(5)53-59(48,7)82-53/h14,16,19,21-24,27-28,33,36-37,40,42,45-46,48,52-53H,12-13,15,17-18,20,25-26,29-32H2,1-11H3,(H,63,72)(H,64,75)(H,65,70)(H3,61,62,74)/b19-14+,34-16+/t36-,37+,40-,42?,45?,46+,48+,52+,53+,59+/m1/s1. The molecule has 2 aromatic carbocycles. The predicted octanol–water partition coefficient (Wildman–Crippen LogP) is 7.26. The number of benzene rings is 2. The number of nitrogens with one attached hydrogen (secondary N) is 4. The maximum absolute atomic E-state index is 14.4. The molecule has 2 aromatic rings. The first-order valence-corrected chi connectivity index (χ1v) is 28.1. The average molecular weight is 1160 g/mol. The molecule has 450 valence electrons. The molecular formula is C59H82ClN7O15. The molecule has 3 aliphatic heterocycles. The van der Waals surface area contributed by atoms with Crippen LogP contribution in [-0.2, 0) is 65.5 Å². The van der Waals surface area contributed by atoms with Crippen molar-refractivity contribution in [3.63, 3.8) is 0 Å². The van der Waals surface area contributed by atoms with Gasteiger partial charge < -0.3 is 65.1 Å². The summed E-state index contributed by atoms with van der Waals surface area (Å²) >= 11 is 6.84. The van der Waals surface area contributed by atoms with Crippen molar-refractivity contribution >= 4 is 76.5 Å². The molecule has 23 heteroatoms. The zero-order valence-electron chi connectivity index (χ0n) is 48.9. The molecule has 4 bridgehead atoms. The topological polar surface area (TPSA) is 293 Å². The molecule has 0 aromatic heterocycles. The Hall–Kier alpha value is -7.04. The van der Waals surface area contributed by atoms with Crippen LogP contribution in [0.4, 0.5) is 25.8 Å². The number of epoxide rings is 1. The number of Topliss-reactive ketones (excluding diaryl/α,β-unsaturated/α-hetero) is 2. The first kappa shape index (κ1) is 65.8. The van der Waals surface area contributed by atoms with E-state index in [0.717, 1.165) is 16.0 Å². The molecule has 6 N–H and O–H groups in total. The van der Waals surface area contributed by atoms with Crippen LogP contribution in [0.2, 0.25) is 5.02 Å². The fraction of sp³-hybridized carbons (Fsp3) is 0.576. The van der Waals surface area contributed by atoms with Gasteiger partial charge in [0.1, 0.15) is 47.0 Å². The lowest BCUT2D eigenvalue weighted by Crippen LogP contribution is -2.53. The van der Waals surface area contributed by atoms with Gasteiger partial charge in [0.15, 0.2) is 5.78 Å². The van der Waals surface area contributed by atoms with Crippen molar-refractivity contribution < 1.29 is 71.6 Å². The maximum atomic E-state index is 14.4. The molecule has 82 heavy (non-hydrogen) atoms. The minimum absolute atomic E-state index is 0.0315. The van der Waals surface area contributed by atoms with Gasteiger partial charge in [-0.3, -0.25) is 24.1 Å². The molecule has 5 rings (SSSR count). The van der Waals surface area contributed by atoms with Crippen molar-refractivity contribution in [2.45, 2.75) is 167 Å². The number of alkyl carbamates (subject to hydrolysis) is 1. The van der Waals surface area contributed by atoms with Crippen molar-refractivity contribution in [3.8, 4) is 5.75 Å². The molecule has 22 nitrogen and oxygen atoms in total. The minimum Gasteiger partial charge on any atom is -0.495 e. The molecular weight excluding hydrogens is 1080 g/mol. The van der Waals surface area contributed by atoms with Crippen LogP contribution in [0.25, 0.3) is 0 Å². The summed E-state index contributed by atoms with van der Waals surface area (Å²) in [5.41, 5.74) is 7.00. The van der Waals surface area contributed by atoms with Crippen molar-refractivity contribution in [2.24, 2.45) is 23.5 Å². The van der Waals surface area contributed by atoms with Gasteiger partial charge in [0.05, 0.1) is 43.5 Å². The van der Waals surface area contributed by atoms with E-state index in [-0.39, 0.29) is 67.2 Å². The smallest absolute Gasteiger partial charge is 0.410 e. The largest absolute Gasteiger partial charge is 0.495 e. The van der Waals surface area contributed by atoms with Gasteiger partial charge >= 0.3 is 24.2 Å². The van der Waals surface area contributed by atoms with Crippen LogP contribution in [0, 0.1) is 17.8 Å². The minimum atomic E-state index is -1.26. The molecule has 0 saturated carbocycles. The number of amides is 7. The number of methoxy groups -OCH3 is 2. The van der Waals surface area contributed by atoms with E-state index in [9.17, 15) is 43.2 Å². The van der Waals surface area contributed by atoms with E-state index >= 15 is 0 Å². The number of halogens is 1. The van der Waals surface area contributed by atoms with Crippen LogP contribution in [0.1, 0.15) is 117 Å². The second kappa shape index (κ2) is 30.3. The van der Waals surface area contributed by atoms with Gasteiger partial charge in [-0.25, -0.2) is 19.2 Å². The second-order valence-electron chi connectivity index (χ2n) is 22.0. The first-order valence-electron chi connectivity index (χ1n) is 27.8. The molecule has 0 aliphatic carbocycles.